The van der Waals surface area contributed by atoms with Gasteiger partial charge in [0.25, 0.3) is 0 Å². The van der Waals surface area contributed by atoms with E-state index in [1.54, 1.807) is 0 Å². The van der Waals surface area contributed by atoms with Gasteiger partial charge >= 0.3 is 0 Å². The third-order valence-electron chi connectivity index (χ3n) is 5.81. The average molecular weight is 256 g/mol. The van der Waals surface area contributed by atoms with Gasteiger partial charge in [-0.3, -0.25) is 9.78 Å². The van der Waals surface area contributed by atoms with Crippen molar-refractivity contribution < 1.29 is 4.79 Å². The lowest BCUT2D eigenvalue weighted by Crippen LogP contribution is -2.57. The van der Waals surface area contributed by atoms with E-state index in [1.165, 1.54) is 19.3 Å². The van der Waals surface area contributed by atoms with Gasteiger partial charge in [0.2, 0.25) is 5.91 Å². The molecule has 4 aliphatic rings. The van der Waals surface area contributed by atoms with Crippen LogP contribution in [-0.4, -0.2) is 10.9 Å². The van der Waals surface area contributed by atoms with Crippen LogP contribution in [0.5, 0.6) is 0 Å². The molecule has 1 amide bonds. The molecule has 0 radical (unpaired) electrons. The molecule has 1 aromatic rings. The molecule has 5 rings (SSSR count). The van der Waals surface area contributed by atoms with Crippen molar-refractivity contribution in [2.24, 2.45) is 28.9 Å². The van der Waals surface area contributed by atoms with Gasteiger partial charge in [0.15, 0.2) is 0 Å². The Labute approximate surface area is 113 Å². The lowest BCUT2D eigenvalue weighted by molar-refractivity contribution is -0.147. The largest absolute Gasteiger partial charge is 0.369 e. The maximum absolute atomic E-state index is 12.2. The fourth-order valence-corrected chi connectivity index (χ4v) is 5.48. The second-order valence-corrected chi connectivity index (χ2v) is 6.86. The molecule has 1 heterocycles. The number of nitrogens with zero attached hydrogens (tertiary/aromatic N) is 1. The van der Waals surface area contributed by atoms with Crippen molar-refractivity contribution in [3.63, 3.8) is 0 Å². The lowest BCUT2D eigenvalue weighted by Gasteiger charge is -2.59. The Morgan fingerprint density at radius 2 is 1.95 bits per heavy atom. The van der Waals surface area contributed by atoms with Crippen LogP contribution in [0.2, 0.25) is 0 Å². The molecular weight excluding hydrogens is 236 g/mol. The van der Waals surface area contributed by atoms with Crippen molar-refractivity contribution in [1.29, 1.82) is 0 Å². The maximum atomic E-state index is 12.2. The summed E-state index contributed by atoms with van der Waals surface area (Å²) in [7, 11) is 0. The molecule has 4 bridgehead atoms. The standard InChI is InChI=1S/C16H20N2O/c17-15(19)16-8-10-5-11(9-16)7-12(6-10)14(16)13-3-1-2-4-18-13/h1-4,10-12,14H,5-9H2,(H2,17,19). The minimum absolute atomic E-state index is 0.0812. The summed E-state index contributed by atoms with van der Waals surface area (Å²) in [5, 5.41) is 0. The predicted octanol–water partition coefficient (Wildman–Crippen LogP) is 2.48. The van der Waals surface area contributed by atoms with Gasteiger partial charge in [-0.15, -0.1) is 0 Å². The zero-order chi connectivity index (χ0) is 13.0. The van der Waals surface area contributed by atoms with Crippen molar-refractivity contribution >= 4 is 5.91 Å². The molecule has 3 nitrogen and oxygen atoms in total. The Hall–Kier alpha value is -1.38. The molecule has 3 heteroatoms. The van der Waals surface area contributed by atoms with Gasteiger partial charge in [-0.05, 0) is 62.0 Å². The molecule has 0 aromatic carbocycles. The molecule has 1 aromatic heterocycles. The second-order valence-electron chi connectivity index (χ2n) is 6.86. The van der Waals surface area contributed by atoms with E-state index in [2.05, 4.69) is 11.1 Å². The molecular formula is C16H20N2O. The van der Waals surface area contributed by atoms with Crippen LogP contribution >= 0.6 is 0 Å². The zero-order valence-corrected chi connectivity index (χ0v) is 11.1. The second kappa shape index (κ2) is 3.81. The minimum Gasteiger partial charge on any atom is -0.369 e. The van der Waals surface area contributed by atoms with E-state index in [0.29, 0.717) is 5.92 Å². The van der Waals surface area contributed by atoms with E-state index in [-0.39, 0.29) is 17.2 Å². The van der Waals surface area contributed by atoms with E-state index in [1.807, 2.05) is 18.3 Å². The number of carbonyl (C=O) groups excluding carboxylic acids is 1. The average Bonchev–Trinajstić information content (AvgIpc) is 2.38. The normalized spacial score (nSPS) is 43.4. The molecule has 0 spiro atoms. The Morgan fingerprint density at radius 3 is 2.53 bits per heavy atom. The van der Waals surface area contributed by atoms with E-state index in [4.69, 9.17) is 5.73 Å². The SMILES string of the molecule is NC(=O)C12CC3CC(CC(C3)C1c1ccccn1)C2. The number of pyridine rings is 1. The van der Waals surface area contributed by atoms with Crippen LogP contribution in [0.1, 0.15) is 43.7 Å². The first-order valence-corrected chi connectivity index (χ1v) is 7.40. The molecule has 4 aliphatic carbocycles. The van der Waals surface area contributed by atoms with Crippen LogP contribution in [0.4, 0.5) is 0 Å². The summed E-state index contributed by atoms with van der Waals surface area (Å²) in [4.78, 5) is 16.8. The van der Waals surface area contributed by atoms with Crippen LogP contribution in [0.15, 0.2) is 24.4 Å². The van der Waals surface area contributed by atoms with E-state index in [9.17, 15) is 4.79 Å². The first-order chi connectivity index (χ1) is 9.19. The van der Waals surface area contributed by atoms with Crippen LogP contribution in [0, 0.1) is 23.2 Å². The third kappa shape index (κ3) is 1.50. The highest BCUT2D eigenvalue weighted by Crippen LogP contribution is 2.65. The number of hydrogen-bond acceptors (Lipinski definition) is 2. The molecule has 3 atom stereocenters. The Morgan fingerprint density at radius 1 is 1.21 bits per heavy atom. The highest BCUT2D eigenvalue weighted by atomic mass is 16.1. The Balaban J connectivity index is 1.82. The molecule has 2 N–H and O–H groups in total. The maximum Gasteiger partial charge on any atom is 0.224 e. The molecule has 100 valence electrons. The summed E-state index contributed by atoms with van der Waals surface area (Å²) in [6.45, 7) is 0. The van der Waals surface area contributed by atoms with Crippen LogP contribution in [0.3, 0.4) is 0 Å². The fraction of sp³-hybridized carbons (Fsp3) is 0.625. The summed E-state index contributed by atoms with van der Waals surface area (Å²) in [5.41, 5.74) is 6.64. The highest BCUT2D eigenvalue weighted by Gasteiger charge is 2.60. The predicted molar refractivity (Wildman–Crippen MR) is 72.2 cm³/mol. The van der Waals surface area contributed by atoms with Gasteiger partial charge < -0.3 is 5.73 Å². The fourth-order valence-electron chi connectivity index (χ4n) is 5.48. The summed E-state index contributed by atoms with van der Waals surface area (Å²) in [5.74, 6) is 2.25. The first-order valence-electron chi connectivity index (χ1n) is 7.40. The number of rotatable bonds is 2. The van der Waals surface area contributed by atoms with Crippen molar-refractivity contribution in [3.8, 4) is 0 Å². The van der Waals surface area contributed by atoms with E-state index < -0.39 is 0 Å². The number of nitrogens with two attached hydrogens (primary N) is 1. The number of carbonyl (C=O) groups is 1. The van der Waals surface area contributed by atoms with Gasteiger partial charge in [-0.2, -0.15) is 0 Å². The van der Waals surface area contributed by atoms with Gasteiger partial charge in [0.1, 0.15) is 0 Å². The van der Waals surface area contributed by atoms with Crippen molar-refractivity contribution in [2.45, 2.75) is 38.0 Å². The summed E-state index contributed by atoms with van der Waals surface area (Å²) in [6.07, 6.45) is 7.70. The van der Waals surface area contributed by atoms with Crippen LogP contribution in [0.25, 0.3) is 0 Å². The number of primary amides is 1. The number of amides is 1. The quantitative estimate of drug-likeness (QED) is 0.883. The minimum atomic E-state index is -0.302. The summed E-state index contributed by atoms with van der Waals surface area (Å²) >= 11 is 0. The molecule has 4 saturated carbocycles. The third-order valence-corrected chi connectivity index (χ3v) is 5.81. The lowest BCUT2D eigenvalue weighted by atomic mass is 9.44. The van der Waals surface area contributed by atoms with Gasteiger partial charge in [-0.25, -0.2) is 0 Å². The molecule has 19 heavy (non-hydrogen) atoms. The Kier molecular flexibility index (Phi) is 2.30. The molecule has 0 aliphatic heterocycles. The molecule has 3 unspecified atom stereocenters. The topological polar surface area (TPSA) is 56.0 Å². The molecule has 0 saturated heterocycles. The summed E-state index contributed by atoms with van der Waals surface area (Å²) < 4.78 is 0. The van der Waals surface area contributed by atoms with Crippen molar-refractivity contribution in [2.75, 3.05) is 0 Å². The Bertz CT molecular complexity index is 499. The highest BCUT2D eigenvalue weighted by molar-refractivity contribution is 5.82. The van der Waals surface area contributed by atoms with E-state index >= 15 is 0 Å². The summed E-state index contributed by atoms with van der Waals surface area (Å²) in [6, 6.07) is 6.05. The van der Waals surface area contributed by atoms with Crippen LogP contribution in [-0.2, 0) is 4.79 Å². The van der Waals surface area contributed by atoms with Crippen molar-refractivity contribution in [1.82, 2.24) is 4.98 Å². The first kappa shape index (κ1) is 11.4. The van der Waals surface area contributed by atoms with Gasteiger partial charge in [0.05, 0.1) is 5.41 Å². The zero-order valence-electron chi connectivity index (χ0n) is 11.1. The van der Waals surface area contributed by atoms with E-state index in [0.717, 1.165) is 30.4 Å². The van der Waals surface area contributed by atoms with Crippen LogP contribution < -0.4 is 5.73 Å². The number of hydrogen-bond donors (Lipinski definition) is 1. The monoisotopic (exact) mass is 256 g/mol. The van der Waals surface area contributed by atoms with Crippen molar-refractivity contribution in [3.05, 3.63) is 30.1 Å². The smallest absolute Gasteiger partial charge is 0.224 e. The van der Waals surface area contributed by atoms with Gasteiger partial charge in [0, 0.05) is 17.8 Å². The van der Waals surface area contributed by atoms with Gasteiger partial charge in [-0.1, -0.05) is 6.07 Å². The number of aromatic nitrogens is 1. The molecule has 4 fully saturated rings.